The maximum Gasteiger partial charge on any atom is 0.0406 e. The van der Waals surface area contributed by atoms with E-state index in [-0.39, 0.29) is 0 Å². The number of nitrogens with one attached hydrogen (secondary N) is 1. The summed E-state index contributed by atoms with van der Waals surface area (Å²) in [7, 11) is 0. The average molecular weight is 286 g/mol. The highest BCUT2D eigenvalue weighted by atomic mass is 35.5. The van der Waals surface area contributed by atoms with Crippen LogP contribution in [0.3, 0.4) is 0 Å². The second-order valence-corrected chi connectivity index (χ2v) is 5.98. The minimum Gasteiger partial charge on any atom is -0.313 e. The van der Waals surface area contributed by atoms with Crippen LogP contribution in [0.2, 0.25) is 5.02 Å². The van der Waals surface area contributed by atoms with E-state index < -0.39 is 0 Å². The molecule has 1 aliphatic carbocycles. The zero-order valence-corrected chi connectivity index (χ0v) is 12.4. The van der Waals surface area contributed by atoms with E-state index in [0.29, 0.717) is 6.04 Å². The maximum absolute atomic E-state index is 5.90. The van der Waals surface area contributed by atoms with E-state index in [2.05, 4.69) is 41.7 Å². The first-order valence-corrected chi connectivity index (χ1v) is 7.74. The number of hydrogen-bond donors (Lipinski definition) is 1. The summed E-state index contributed by atoms with van der Waals surface area (Å²) in [5, 5.41) is 4.50. The van der Waals surface area contributed by atoms with Crippen LogP contribution in [0.1, 0.15) is 23.1 Å². The Labute approximate surface area is 126 Å². The Hall–Kier alpha value is -1.31. The van der Waals surface area contributed by atoms with E-state index in [9.17, 15) is 0 Å². The number of benzene rings is 2. The van der Waals surface area contributed by atoms with Crippen molar-refractivity contribution >= 4 is 11.6 Å². The summed E-state index contributed by atoms with van der Waals surface area (Å²) < 4.78 is 0. The summed E-state index contributed by atoms with van der Waals surface area (Å²) in [5.74, 6) is 0. The lowest BCUT2D eigenvalue weighted by Crippen LogP contribution is -2.35. The summed E-state index contributed by atoms with van der Waals surface area (Å²) in [6.45, 7) is 1.04. The van der Waals surface area contributed by atoms with Gasteiger partial charge in [0.1, 0.15) is 0 Å². The molecule has 0 aromatic heterocycles. The summed E-state index contributed by atoms with van der Waals surface area (Å²) in [6.07, 6.45) is 4.68. The number of rotatable bonds is 4. The van der Waals surface area contributed by atoms with Gasteiger partial charge in [0.2, 0.25) is 0 Å². The number of hydrogen-bond acceptors (Lipinski definition) is 1. The van der Waals surface area contributed by atoms with Crippen LogP contribution in [0.4, 0.5) is 0 Å². The molecule has 0 amide bonds. The van der Waals surface area contributed by atoms with Crippen LogP contribution in [-0.2, 0) is 19.3 Å². The minimum atomic E-state index is 0.622. The van der Waals surface area contributed by atoms with Gasteiger partial charge in [-0.1, -0.05) is 48.0 Å². The molecule has 0 saturated heterocycles. The van der Waals surface area contributed by atoms with Gasteiger partial charge in [0, 0.05) is 11.1 Å². The SMILES string of the molecule is Clc1ccc(CCNC2CCc3ccccc3C2)cc1. The molecule has 0 heterocycles. The van der Waals surface area contributed by atoms with Crippen LogP contribution in [0, 0.1) is 0 Å². The molecule has 0 radical (unpaired) electrons. The molecule has 104 valence electrons. The molecule has 0 fully saturated rings. The van der Waals surface area contributed by atoms with Crippen molar-refractivity contribution in [3.8, 4) is 0 Å². The van der Waals surface area contributed by atoms with Crippen LogP contribution in [-0.4, -0.2) is 12.6 Å². The first kappa shape index (κ1) is 13.7. The number of halogens is 1. The van der Waals surface area contributed by atoms with Gasteiger partial charge in [0.15, 0.2) is 0 Å². The van der Waals surface area contributed by atoms with Crippen LogP contribution < -0.4 is 5.32 Å². The van der Waals surface area contributed by atoms with E-state index in [1.165, 1.54) is 29.5 Å². The molecule has 1 nitrogen and oxygen atoms in total. The van der Waals surface area contributed by atoms with Crippen LogP contribution >= 0.6 is 11.6 Å². The lowest BCUT2D eigenvalue weighted by atomic mass is 9.88. The Morgan fingerprint density at radius 1 is 1.00 bits per heavy atom. The fourth-order valence-electron chi connectivity index (χ4n) is 2.94. The van der Waals surface area contributed by atoms with E-state index in [1.807, 2.05) is 12.1 Å². The van der Waals surface area contributed by atoms with Gasteiger partial charge in [-0.05, 0) is 61.1 Å². The fraction of sp³-hybridized carbons (Fsp3) is 0.333. The van der Waals surface area contributed by atoms with Crippen molar-refractivity contribution in [3.05, 3.63) is 70.2 Å². The largest absolute Gasteiger partial charge is 0.313 e. The lowest BCUT2D eigenvalue weighted by Gasteiger charge is -2.25. The van der Waals surface area contributed by atoms with Crippen LogP contribution in [0.5, 0.6) is 0 Å². The highest BCUT2D eigenvalue weighted by molar-refractivity contribution is 6.30. The molecule has 1 unspecified atom stereocenters. The van der Waals surface area contributed by atoms with E-state index in [0.717, 1.165) is 24.4 Å². The van der Waals surface area contributed by atoms with Crippen molar-refractivity contribution in [3.63, 3.8) is 0 Å². The van der Waals surface area contributed by atoms with Gasteiger partial charge in [-0.3, -0.25) is 0 Å². The molecular weight excluding hydrogens is 266 g/mol. The van der Waals surface area contributed by atoms with Crippen molar-refractivity contribution in [2.75, 3.05) is 6.54 Å². The topological polar surface area (TPSA) is 12.0 Å². The molecule has 1 N–H and O–H groups in total. The van der Waals surface area contributed by atoms with Gasteiger partial charge in [0.25, 0.3) is 0 Å². The highest BCUT2D eigenvalue weighted by Crippen LogP contribution is 2.21. The normalized spacial score (nSPS) is 17.8. The summed E-state index contributed by atoms with van der Waals surface area (Å²) in [5.41, 5.74) is 4.39. The van der Waals surface area contributed by atoms with Crippen LogP contribution in [0.25, 0.3) is 0 Å². The summed E-state index contributed by atoms with van der Waals surface area (Å²) in [4.78, 5) is 0. The Balaban J connectivity index is 1.49. The minimum absolute atomic E-state index is 0.622. The predicted octanol–water partition coefficient (Wildman–Crippen LogP) is 4.03. The van der Waals surface area contributed by atoms with Crippen molar-refractivity contribution in [2.24, 2.45) is 0 Å². The van der Waals surface area contributed by atoms with Crippen molar-refractivity contribution in [1.29, 1.82) is 0 Å². The van der Waals surface area contributed by atoms with Gasteiger partial charge in [0.05, 0.1) is 0 Å². The molecule has 0 spiro atoms. The van der Waals surface area contributed by atoms with Crippen molar-refractivity contribution in [2.45, 2.75) is 31.7 Å². The second-order valence-electron chi connectivity index (χ2n) is 5.54. The van der Waals surface area contributed by atoms with E-state index in [1.54, 1.807) is 0 Å². The van der Waals surface area contributed by atoms with Crippen LogP contribution in [0.15, 0.2) is 48.5 Å². The number of fused-ring (bicyclic) bond motifs is 1. The van der Waals surface area contributed by atoms with Gasteiger partial charge in [-0.15, -0.1) is 0 Å². The molecule has 1 atom stereocenters. The van der Waals surface area contributed by atoms with Gasteiger partial charge in [-0.2, -0.15) is 0 Å². The molecule has 2 heteroatoms. The zero-order chi connectivity index (χ0) is 13.8. The quantitative estimate of drug-likeness (QED) is 0.894. The Morgan fingerprint density at radius 3 is 2.55 bits per heavy atom. The number of aryl methyl sites for hydroxylation is 1. The average Bonchev–Trinajstić information content (AvgIpc) is 2.49. The molecule has 20 heavy (non-hydrogen) atoms. The standard InChI is InChI=1S/C18H20ClN/c19-17-8-5-14(6-9-17)11-12-20-18-10-7-15-3-1-2-4-16(15)13-18/h1-6,8-9,18,20H,7,10-13H2. The third-order valence-electron chi connectivity index (χ3n) is 4.11. The molecule has 2 aromatic rings. The first-order valence-electron chi connectivity index (χ1n) is 7.36. The first-order chi connectivity index (χ1) is 9.81. The molecule has 0 aliphatic heterocycles. The molecule has 3 rings (SSSR count). The third-order valence-corrected chi connectivity index (χ3v) is 4.36. The van der Waals surface area contributed by atoms with E-state index >= 15 is 0 Å². The summed E-state index contributed by atoms with van der Waals surface area (Å²) >= 11 is 5.90. The van der Waals surface area contributed by atoms with E-state index in [4.69, 9.17) is 11.6 Å². The Kier molecular flexibility index (Phi) is 4.39. The second kappa shape index (κ2) is 6.43. The molecule has 1 aliphatic rings. The zero-order valence-electron chi connectivity index (χ0n) is 11.6. The van der Waals surface area contributed by atoms with Crippen molar-refractivity contribution < 1.29 is 0 Å². The predicted molar refractivity (Wildman–Crippen MR) is 85.4 cm³/mol. The molecule has 2 aromatic carbocycles. The highest BCUT2D eigenvalue weighted by Gasteiger charge is 2.17. The summed E-state index contributed by atoms with van der Waals surface area (Å²) in [6, 6.07) is 17.6. The van der Waals surface area contributed by atoms with Gasteiger partial charge in [-0.25, -0.2) is 0 Å². The Morgan fingerprint density at radius 2 is 1.75 bits per heavy atom. The molecular formula is C18H20ClN. The smallest absolute Gasteiger partial charge is 0.0406 e. The molecule has 0 bridgehead atoms. The Bertz CT molecular complexity index is 562. The monoisotopic (exact) mass is 285 g/mol. The van der Waals surface area contributed by atoms with Gasteiger partial charge >= 0.3 is 0 Å². The molecule has 0 saturated carbocycles. The van der Waals surface area contributed by atoms with Crippen molar-refractivity contribution in [1.82, 2.24) is 5.32 Å². The fourth-order valence-corrected chi connectivity index (χ4v) is 3.07. The maximum atomic E-state index is 5.90. The van der Waals surface area contributed by atoms with Gasteiger partial charge < -0.3 is 5.32 Å². The lowest BCUT2D eigenvalue weighted by molar-refractivity contribution is 0.461. The third kappa shape index (κ3) is 3.41.